The number of hydrogen-bond donors (Lipinski definition) is 2. The highest BCUT2D eigenvalue weighted by Gasteiger charge is 2.34. The molecule has 6 nitrogen and oxygen atoms in total. The zero-order chi connectivity index (χ0) is 19.6. The molecule has 0 amide bonds. The van der Waals surface area contributed by atoms with Crippen LogP contribution in [0.25, 0.3) is 11.3 Å². The number of aryl methyl sites for hydroxylation is 1. The van der Waals surface area contributed by atoms with Crippen molar-refractivity contribution in [3.63, 3.8) is 0 Å². The van der Waals surface area contributed by atoms with Crippen LogP contribution >= 0.6 is 23.2 Å². The Kier molecular flexibility index (Phi) is 5.87. The zero-order valence-electron chi connectivity index (χ0n) is 15.0. The molecule has 3 rings (SSSR count). The number of hydrogen-bond acceptors (Lipinski definition) is 6. The number of aliphatic hydroxyl groups is 1. The van der Waals surface area contributed by atoms with E-state index in [1.165, 1.54) is 0 Å². The van der Waals surface area contributed by atoms with Crippen LogP contribution in [0.15, 0.2) is 18.2 Å². The molecule has 2 aromatic rings. The number of halogens is 2. The first-order valence-corrected chi connectivity index (χ1v) is 9.49. The molecule has 142 valence electrons. The van der Waals surface area contributed by atoms with Crippen molar-refractivity contribution in [2.45, 2.75) is 26.4 Å². The molecule has 0 saturated carbocycles. The molecule has 2 heterocycles. The van der Waals surface area contributed by atoms with E-state index in [0.29, 0.717) is 71.0 Å². The first-order chi connectivity index (χ1) is 12.9. The van der Waals surface area contributed by atoms with Crippen LogP contribution < -0.4 is 10.6 Å². The lowest BCUT2D eigenvalue weighted by Gasteiger charge is -2.37. The normalized spacial score (nSPS) is 16.2. The van der Waals surface area contributed by atoms with Gasteiger partial charge in [0.05, 0.1) is 39.5 Å². The summed E-state index contributed by atoms with van der Waals surface area (Å²) in [6.45, 7) is 3.21. The number of anilines is 1. The summed E-state index contributed by atoms with van der Waals surface area (Å²) in [5.41, 5.74) is 7.61. The van der Waals surface area contributed by atoms with Crippen LogP contribution in [0.3, 0.4) is 0 Å². The van der Waals surface area contributed by atoms with Crippen LogP contribution in [0.5, 0.6) is 0 Å². The molecule has 1 fully saturated rings. The minimum Gasteiger partial charge on any atom is -0.390 e. The summed E-state index contributed by atoms with van der Waals surface area (Å²) in [5, 5.41) is 20.3. The maximum atomic E-state index is 9.88. The van der Waals surface area contributed by atoms with Gasteiger partial charge < -0.3 is 15.7 Å². The molecule has 0 radical (unpaired) electrons. The molecule has 3 N–H and O–H groups in total. The molecule has 0 bridgehead atoms. The number of nitrogens with zero attached hydrogens (tertiary/aromatic N) is 4. The van der Waals surface area contributed by atoms with Gasteiger partial charge in [0.2, 0.25) is 0 Å². The first kappa shape index (κ1) is 19.8. The van der Waals surface area contributed by atoms with Crippen molar-refractivity contribution in [1.29, 1.82) is 5.26 Å². The minimum absolute atomic E-state index is 0.255. The van der Waals surface area contributed by atoms with E-state index in [2.05, 4.69) is 16.0 Å². The second-order valence-corrected chi connectivity index (χ2v) is 7.58. The average Bonchev–Trinajstić information content (AvgIpc) is 2.69. The lowest BCUT2D eigenvalue weighted by Crippen LogP contribution is -2.44. The van der Waals surface area contributed by atoms with Crippen molar-refractivity contribution in [2.75, 3.05) is 24.5 Å². The molecule has 0 atom stereocenters. The number of benzene rings is 1. The van der Waals surface area contributed by atoms with Crippen molar-refractivity contribution in [1.82, 2.24) is 9.97 Å². The van der Waals surface area contributed by atoms with E-state index in [0.717, 1.165) is 0 Å². The SMILES string of the molecule is Cc1nc(N2CCC(C#N)(CN)CC2)c(CO)nc1-c1c(Cl)cccc1Cl. The molecule has 8 heteroatoms. The van der Waals surface area contributed by atoms with E-state index in [4.69, 9.17) is 33.9 Å². The molecule has 1 aliphatic heterocycles. The van der Waals surface area contributed by atoms with Gasteiger partial charge in [-0.3, -0.25) is 0 Å². The minimum atomic E-state index is -0.483. The number of aliphatic hydroxyl groups excluding tert-OH is 1. The highest BCUT2D eigenvalue weighted by Crippen LogP contribution is 2.37. The van der Waals surface area contributed by atoms with Gasteiger partial charge in [0.15, 0.2) is 5.82 Å². The number of aromatic nitrogens is 2. The van der Waals surface area contributed by atoms with Gasteiger partial charge in [-0.25, -0.2) is 9.97 Å². The van der Waals surface area contributed by atoms with Crippen LogP contribution in [-0.4, -0.2) is 34.7 Å². The summed E-state index contributed by atoms with van der Waals surface area (Å²) < 4.78 is 0. The first-order valence-electron chi connectivity index (χ1n) is 8.73. The number of nitrogens with two attached hydrogens (primary N) is 1. The molecule has 1 aromatic carbocycles. The number of nitriles is 1. The fraction of sp³-hybridized carbons (Fsp3) is 0.421. The Bertz CT molecular complexity index is 868. The van der Waals surface area contributed by atoms with Crippen molar-refractivity contribution in [3.05, 3.63) is 39.6 Å². The fourth-order valence-corrected chi connectivity index (χ4v) is 3.95. The summed E-state index contributed by atoms with van der Waals surface area (Å²) >= 11 is 12.6. The van der Waals surface area contributed by atoms with Crippen molar-refractivity contribution >= 4 is 29.0 Å². The van der Waals surface area contributed by atoms with Gasteiger partial charge in [0.25, 0.3) is 0 Å². The van der Waals surface area contributed by atoms with Crippen LogP contribution in [0.4, 0.5) is 5.82 Å². The molecule has 27 heavy (non-hydrogen) atoms. The predicted octanol–water partition coefficient (Wildman–Crippen LogP) is 3.32. The zero-order valence-corrected chi connectivity index (χ0v) is 16.6. The summed E-state index contributed by atoms with van der Waals surface area (Å²) in [4.78, 5) is 11.4. The van der Waals surface area contributed by atoms with Crippen LogP contribution in [0.2, 0.25) is 10.0 Å². The Morgan fingerprint density at radius 2 is 1.89 bits per heavy atom. The molecule has 0 spiro atoms. The van der Waals surface area contributed by atoms with Crippen LogP contribution in [0.1, 0.15) is 24.2 Å². The van der Waals surface area contributed by atoms with Gasteiger partial charge in [0, 0.05) is 25.2 Å². The maximum absolute atomic E-state index is 9.88. The summed E-state index contributed by atoms with van der Waals surface area (Å²) in [5.74, 6) is 0.630. The summed E-state index contributed by atoms with van der Waals surface area (Å²) in [7, 11) is 0. The van der Waals surface area contributed by atoms with E-state index < -0.39 is 5.41 Å². The van der Waals surface area contributed by atoms with Gasteiger partial charge in [-0.2, -0.15) is 5.26 Å². The van der Waals surface area contributed by atoms with Gasteiger partial charge in [-0.05, 0) is 31.9 Å². The second kappa shape index (κ2) is 7.99. The Labute approximate surface area is 168 Å². The maximum Gasteiger partial charge on any atom is 0.153 e. The third-order valence-electron chi connectivity index (χ3n) is 5.12. The van der Waals surface area contributed by atoms with E-state index in [1.807, 2.05) is 6.92 Å². The fourth-order valence-electron chi connectivity index (χ4n) is 3.37. The lowest BCUT2D eigenvalue weighted by molar-refractivity contribution is 0.274. The van der Waals surface area contributed by atoms with Gasteiger partial charge >= 0.3 is 0 Å². The molecular weight excluding hydrogens is 385 g/mol. The lowest BCUT2D eigenvalue weighted by atomic mass is 9.80. The monoisotopic (exact) mass is 405 g/mol. The smallest absolute Gasteiger partial charge is 0.153 e. The van der Waals surface area contributed by atoms with Gasteiger partial charge in [0.1, 0.15) is 5.69 Å². The third-order valence-corrected chi connectivity index (χ3v) is 5.75. The highest BCUT2D eigenvalue weighted by atomic mass is 35.5. The number of piperidine rings is 1. The van der Waals surface area contributed by atoms with E-state index in [9.17, 15) is 10.4 Å². The molecular formula is C19H21Cl2N5O. The van der Waals surface area contributed by atoms with Gasteiger partial charge in [-0.15, -0.1) is 0 Å². The van der Waals surface area contributed by atoms with Crippen molar-refractivity contribution in [3.8, 4) is 17.3 Å². The summed E-state index contributed by atoms with van der Waals surface area (Å²) in [6.07, 6.45) is 1.31. The standard InChI is InChI=1S/C19H21Cl2N5O/c1-12-17(16-13(20)3-2-4-14(16)21)25-15(9-27)18(24-12)26-7-5-19(10-22,11-23)6-8-26/h2-4,27H,5-10,22H2,1H3. The highest BCUT2D eigenvalue weighted by molar-refractivity contribution is 6.39. The molecule has 1 aromatic heterocycles. The largest absolute Gasteiger partial charge is 0.390 e. The predicted molar refractivity (Wildman–Crippen MR) is 107 cm³/mol. The third kappa shape index (κ3) is 3.74. The van der Waals surface area contributed by atoms with E-state index >= 15 is 0 Å². The van der Waals surface area contributed by atoms with E-state index in [1.54, 1.807) is 18.2 Å². The Morgan fingerprint density at radius 1 is 1.26 bits per heavy atom. The average molecular weight is 406 g/mol. The van der Waals surface area contributed by atoms with Crippen LogP contribution in [0, 0.1) is 23.7 Å². The molecule has 1 aliphatic rings. The van der Waals surface area contributed by atoms with Gasteiger partial charge in [-0.1, -0.05) is 29.3 Å². The molecule has 1 saturated heterocycles. The topological polar surface area (TPSA) is 99.1 Å². The van der Waals surface area contributed by atoms with E-state index in [-0.39, 0.29) is 6.61 Å². The second-order valence-electron chi connectivity index (χ2n) is 6.77. The quantitative estimate of drug-likeness (QED) is 0.808. The number of rotatable bonds is 4. The van der Waals surface area contributed by atoms with Crippen molar-refractivity contribution < 1.29 is 5.11 Å². The molecule has 0 aliphatic carbocycles. The van der Waals surface area contributed by atoms with Crippen molar-refractivity contribution in [2.24, 2.45) is 11.1 Å². The molecule has 0 unspecified atom stereocenters. The summed E-state index contributed by atoms with van der Waals surface area (Å²) in [6, 6.07) is 7.62. The Hall–Kier alpha value is -1.91. The Morgan fingerprint density at radius 3 is 2.41 bits per heavy atom. The van der Waals surface area contributed by atoms with Crippen LogP contribution in [-0.2, 0) is 6.61 Å². The Balaban J connectivity index is 1.98.